The molecule has 1 fully saturated rings. The standard InChI is InChI=1S/C14H20F2N2O/c1-19-14-10-11(2-3-12(14)16)13(4-5-15)18-8-6-17-7-9-18/h2-3,10,13,17H,4-9H2,1H3/t13-/m1/s1. The molecule has 0 bridgehead atoms. The Bertz CT molecular complexity index is 408. The molecule has 0 amide bonds. The first kappa shape index (κ1) is 14.2. The van der Waals surface area contributed by atoms with Crippen LogP contribution in [0.2, 0.25) is 0 Å². The number of alkyl halides is 1. The Hall–Kier alpha value is -1.20. The van der Waals surface area contributed by atoms with Gasteiger partial charge < -0.3 is 10.1 Å². The van der Waals surface area contributed by atoms with Gasteiger partial charge in [0.15, 0.2) is 11.6 Å². The summed E-state index contributed by atoms with van der Waals surface area (Å²) in [5.74, 6) is -0.165. The highest BCUT2D eigenvalue weighted by molar-refractivity contribution is 5.32. The molecule has 1 heterocycles. The van der Waals surface area contributed by atoms with E-state index in [9.17, 15) is 8.78 Å². The Morgan fingerprint density at radius 2 is 2.11 bits per heavy atom. The van der Waals surface area contributed by atoms with Gasteiger partial charge in [0.2, 0.25) is 0 Å². The number of rotatable bonds is 5. The van der Waals surface area contributed by atoms with E-state index in [1.807, 2.05) is 0 Å². The summed E-state index contributed by atoms with van der Waals surface area (Å²) in [6.45, 7) is 3.19. The monoisotopic (exact) mass is 270 g/mol. The van der Waals surface area contributed by atoms with Crippen LogP contribution in [0.4, 0.5) is 8.78 Å². The van der Waals surface area contributed by atoms with E-state index in [0.717, 1.165) is 31.7 Å². The summed E-state index contributed by atoms with van der Waals surface area (Å²) < 4.78 is 31.2. The van der Waals surface area contributed by atoms with Crippen LogP contribution in [-0.4, -0.2) is 44.9 Å². The first-order valence-electron chi connectivity index (χ1n) is 6.60. The third-order valence-electron chi connectivity index (χ3n) is 3.53. The van der Waals surface area contributed by atoms with Crippen molar-refractivity contribution in [3.63, 3.8) is 0 Å². The number of hydrogen-bond acceptors (Lipinski definition) is 3. The quantitative estimate of drug-likeness (QED) is 0.887. The van der Waals surface area contributed by atoms with E-state index in [0.29, 0.717) is 6.42 Å². The number of nitrogens with one attached hydrogen (secondary N) is 1. The minimum atomic E-state index is -0.384. The molecule has 1 N–H and O–H groups in total. The van der Waals surface area contributed by atoms with Crippen LogP contribution < -0.4 is 10.1 Å². The molecule has 2 rings (SSSR count). The first-order valence-corrected chi connectivity index (χ1v) is 6.60. The second-order valence-electron chi connectivity index (χ2n) is 4.67. The fourth-order valence-electron chi connectivity index (χ4n) is 2.54. The van der Waals surface area contributed by atoms with Crippen molar-refractivity contribution in [3.05, 3.63) is 29.6 Å². The van der Waals surface area contributed by atoms with Gasteiger partial charge in [-0.3, -0.25) is 9.29 Å². The third kappa shape index (κ3) is 3.42. The minimum Gasteiger partial charge on any atom is -0.494 e. The van der Waals surface area contributed by atoms with Gasteiger partial charge in [-0.2, -0.15) is 0 Å². The zero-order valence-electron chi connectivity index (χ0n) is 11.2. The Labute approximate surface area is 112 Å². The van der Waals surface area contributed by atoms with E-state index in [4.69, 9.17) is 4.74 Å². The first-order chi connectivity index (χ1) is 9.26. The van der Waals surface area contributed by atoms with Gasteiger partial charge in [-0.1, -0.05) is 6.07 Å². The molecule has 0 saturated carbocycles. The summed E-state index contributed by atoms with van der Waals surface area (Å²) in [6.07, 6.45) is 0.425. The van der Waals surface area contributed by atoms with Crippen molar-refractivity contribution >= 4 is 0 Å². The molecule has 0 aromatic heterocycles. The molecule has 5 heteroatoms. The van der Waals surface area contributed by atoms with Crippen LogP contribution in [0.25, 0.3) is 0 Å². The average Bonchev–Trinajstić information content (AvgIpc) is 2.46. The lowest BCUT2D eigenvalue weighted by Gasteiger charge is -2.35. The van der Waals surface area contributed by atoms with Gasteiger partial charge in [-0.25, -0.2) is 4.39 Å². The number of hydrogen-bond donors (Lipinski definition) is 1. The van der Waals surface area contributed by atoms with Crippen LogP contribution in [0.3, 0.4) is 0 Å². The van der Waals surface area contributed by atoms with E-state index in [1.165, 1.54) is 13.2 Å². The molecule has 1 aromatic carbocycles. The smallest absolute Gasteiger partial charge is 0.165 e. The molecule has 0 unspecified atom stereocenters. The Morgan fingerprint density at radius 1 is 1.37 bits per heavy atom. The van der Waals surface area contributed by atoms with Gasteiger partial charge in [-0.05, 0) is 24.1 Å². The lowest BCUT2D eigenvalue weighted by molar-refractivity contribution is 0.157. The van der Waals surface area contributed by atoms with Crippen LogP contribution in [0, 0.1) is 5.82 Å². The maximum absolute atomic E-state index is 13.4. The van der Waals surface area contributed by atoms with Crippen molar-refractivity contribution in [2.45, 2.75) is 12.5 Å². The van der Waals surface area contributed by atoms with E-state index in [2.05, 4.69) is 10.2 Å². The van der Waals surface area contributed by atoms with Gasteiger partial charge in [0.25, 0.3) is 0 Å². The molecule has 19 heavy (non-hydrogen) atoms. The predicted octanol–water partition coefficient (Wildman–Crippen LogP) is 2.14. The van der Waals surface area contributed by atoms with Crippen molar-refractivity contribution in [1.29, 1.82) is 0 Å². The molecule has 3 nitrogen and oxygen atoms in total. The molecule has 1 atom stereocenters. The number of benzene rings is 1. The second kappa shape index (κ2) is 6.82. The zero-order chi connectivity index (χ0) is 13.7. The van der Waals surface area contributed by atoms with E-state index < -0.39 is 0 Å². The van der Waals surface area contributed by atoms with Crippen LogP contribution in [0.15, 0.2) is 18.2 Å². The molecule has 1 saturated heterocycles. The number of nitrogens with zero attached hydrogens (tertiary/aromatic N) is 1. The van der Waals surface area contributed by atoms with Crippen molar-refractivity contribution < 1.29 is 13.5 Å². The fourth-order valence-corrected chi connectivity index (χ4v) is 2.54. The normalized spacial score (nSPS) is 18.3. The van der Waals surface area contributed by atoms with Gasteiger partial charge in [0, 0.05) is 32.2 Å². The van der Waals surface area contributed by atoms with Gasteiger partial charge >= 0.3 is 0 Å². The van der Waals surface area contributed by atoms with Crippen LogP contribution in [0.5, 0.6) is 5.75 Å². The van der Waals surface area contributed by atoms with Crippen LogP contribution in [-0.2, 0) is 0 Å². The number of halogens is 2. The highest BCUT2D eigenvalue weighted by atomic mass is 19.1. The predicted molar refractivity (Wildman–Crippen MR) is 70.7 cm³/mol. The van der Waals surface area contributed by atoms with Gasteiger partial charge in [0.1, 0.15) is 0 Å². The van der Waals surface area contributed by atoms with Crippen molar-refractivity contribution in [3.8, 4) is 5.75 Å². The largest absolute Gasteiger partial charge is 0.494 e. The fraction of sp³-hybridized carbons (Fsp3) is 0.571. The molecule has 1 aromatic rings. The Kier molecular flexibility index (Phi) is 5.10. The summed E-state index contributed by atoms with van der Waals surface area (Å²) in [5, 5.41) is 3.27. The van der Waals surface area contributed by atoms with Crippen molar-refractivity contribution in [2.24, 2.45) is 0 Å². The van der Waals surface area contributed by atoms with Crippen molar-refractivity contribution in [1.82, 2.24) is 10.2 Å². The molecule has 0 radical (unpaired) electrons. The number of piperazine rings is 1. The molecular formula is C14H20F2N2O. The summed E-state index contributed by atoms with van der Waals surface area (Å²) in [7, 11) is 1.44. The molecule has 0 spiro atoms. The topological polar surface area (TPSA) is 24.5 Å². The van der Waals surface area contributed by atoms with Gasteiger partial charge in [-0.15, -0.1) is 0 Å². The maximum atomic E-state index is 13.4. The average molecular weight is 270 g/mol. The maximum Gasteiger partial charge on any atom is 0.165 e. The highest BCUT2D eigenvalue weighted by Gasteiger charge is 2.22. The van der Waals surface area contributed by atoms with E-state index in [-0.39, 0.29) is 24.3 Å². The van der Waals surface area contributed by atoms with Crippen LogP contribution >= 0.6 is 0 Å². The second-order valence-corrected chi connectivity index (χ2v) is 4.67. The minimum absolute atomic E-state index is 0.0124. The summed E-state index contributed by atoms with van der Waals surface area (Å²) >= 11 is 0. The summed E-state index contributed by atoms with van der Waals surface area (Å²) in [6, 6.07) is 4.78. The number of ether oxygens (including phenoxy) is 1. The zero-order valence-corrected chi connectivity index (χ0v) is 11.2. The molecule has 106 valence electrons. The lowest BCUT2D eigenvalue weighted by atomic mass is 10.0. The Balaban J connectivity index is 2.22. The molecular weight excluding hydrogens is 250 g/mol. The summed E-state index contributed by atoms with van der Waals surface area (Å²) in [5.41, 5.74) is 0.915. The third-order valence-corrected chi connectivity index (χ3v) is 3.53. The molecule has 1 aliphatic heterocycles. The van der Waals surface area contributed by atoms with Crippen LogP contribution in [0.1, 0.15) is 18.0 Å². The van der Waals surface area contributed by atoms with Crippen molar-refractivity contribution in [2.75, 3.05) is 40.0 Å². The molecule has 1 aliphatic rings. The highest BCUT2D eigenvalue weighted by Crippen LogP contribution is 2.29. The lowest BCUT2D eigenvalue weighted by Crippen LogP contribution is -2.45. The summed E-state index contributed by atoms with van der Waals surface area (Å²) in [4.78, 5) is 2.24. The molecule has 0 aliphatic carbocycles. The SMILES string of the molecule is COc1cc([C@@H](CCF)N2CCNCC2)ccc1F. The van der Waals surface area contributed by atoms with Gasteiger partial charge in [0.05, 0.1) is 13.8 Å². The van der Waals surface area contributed by atoms with E-state index >= 15 is 0 Å². The Morgan fingerprint density at radius 3 is 2.74 bits per heavy atom. The number of methoxy groups -OCH3 is 1. The van der Waals surface area contributed by atoms with E-state index in [1.54, 1.807) is 12.1 Å².